The van der Waals surface area contributed by atoms with Crippen LogP contribution in [-0.2, 0) is 9.47 Å². The van der Waals surface area contributed by atoms with Crippen LogP contribution in [0.5, 0.6) is 0 Å². The van der Waals surface area contributed by atoms with E-state index in [1.54, 1.807) is 6.92 Å². The summed E-state index contributed by atoms with van der Waals surface area (Å²) in [4.78, 5) is 11.4. The molecule has 1 atom stereocenters. The molecule has 94 valence electrons. The average Bonchev–Trinajstić information content (AvgIpc) is 2.25. The van der Waals surface area contributed by atoms with Gasteiger partial charge in [0, 0.05) is 7.11 Å². The number of rotatable bonds is 4. The molecule has 1 aromatic carbocycles. The molecule has 1 aromatic rings. The second kappa shape index (κ2) is 5.67. The van der Waals surface area contributed by atoms with Crippen LogP contribution in [-0.4, -0.2) is 25.8 Å². The van der Waals surface area contributed by atoms with Gasteiger partial charge in [0.2, 0.25) is 0 Å². The van der Waals surface area contributed by atoms with E-state index in [2.05, 4.69) is 0 Å². The van der Waals surface area contributed by atoms with Crippen molar-refractivity contribution in [2.75, 3.05) is 13.7 Å². The van der Waals surface area contributed by atoms with Gasteiger partial charge in [0.1, 0.15) is 6.10 Å². The zero-order valence-electron chi connectivity index (χ0n) is 9.30. The zero-order valence-corrected chi connectivity index (χ0v) is 9.30. The van der Waals surface area contributed by atoms with Crippen LogP contribution in [0.2, 0.25) is 0 Å². The second-order valence-electron chi connectivity index (χ2n) is 3.43. The van der Waals surface area contributed by atoms with Crippen molar-refractivity contribution in [1.82, 2.24) is 0 Å². The van der Waals surface area contributed by atoms with Crippen molar-refractivity contribution in [3.05, 3.63) is 35.1 Å². The van der Waals surface area contributed by atoms with Crippen molar-refractivity contribution in [3.8, 4) is 0 Å². The average molecular weight is 248 g/mol. The molecule has 0 bridgehead atoms. The molecule has 17 heavy (non-hydrogen) atoms. The normalized spacial score (nSPS) is 12.3. The molecule has 1 unspecified atom stereocenters. The Kier molecular flexibility index (Phi) is 4.51. The van der Waals surface area contributed by atoms with E-state index in [1.165, 1.54) is 7.11 Å². The van der Waals surface area contributed by atoms with Gasteiger partial charge in [0.25, 0.3) is 0 Å². The Morgan fingerprint density at radius 3 is 2.29 bits per heavy atom. The molecule has 0 aliphatic heterocycles. The summed E-state index contributed by atoms with van der Waals surface area (Å²) in [5.41, 5.74) is -0.385. The molecule has 0 aliphatic carbocycles. The molecule has 3 nitrogen and oxygen atoms in total. The monoisotopic (exact) mass is 248 g/mol. The summed E-state index contributed by atoms with van der Waals surface area (Å²) >= 11 is 0. The summed E-state index contributed by atoms with van der Waals surface area (Å²) in [5.74, 6) is -5.42. The van der Waals surface area contributed by atoms with Gasteiger partial charge in [-0.25, -0.2) is 18.0 Å². The lowest BCUT2D eigenvalue weighted by Crippen LogP contribution is -2.20. The Hall–Kier alpha value is -1.56. The van der Waals surface area contributed by atoms with Crippen LogP contribution in [0.3, 0.4) is 0 Å². The van der Waals surface area contributed by atoms with Crippen LogP contribution in [0, 0.1) is 17.5 Å². The van der Waals surface area contributed by atoms with Gasteiger partial charge in [-0.3, -0.25) is 0 Å². The quantitative estimate of drug-likeness (QED) is 0.605. The lowest BCUT2D eigenvalue weighted by atomic mass is 10.2. The fraction of sp³-hybridized carbons (Fsp3) is 0.364. The van der Waals surface area contributed by atoms with Crippen LogP contribution in [0.25, 0.3) is 0 Å². The maximum atomic E-state index is 12.8. The first-order chi connectivity index (χ1) is 7.95. The SMILES string of the molecule is COCC(C)OC(=O)c1cc(F)c(F)c(F)c1. The summed E-state index contributed by atoms with van der Waals surface area (Å²) in [6, 6.07) is 1.17. The van der Waals surface area contributed by atoms with Crippen LogP contribution in [0.4, 0.5) is 13.2 Å². The van der Waals surface area contributed by atoms with Crippen molar-refractivity contribution in [3.63, 3.8) is 0 Å². The Morgan fingerprint density at radius 1 is 1.29 bits per heavy atom. The molecule has 0 amide bonds. The molecule has 0 aliphatic rings. The lowest BCUT2D eigenvalue weighted by molar-refractivity contribution is 0.0119. The largest absolute Gasteiger partial charge is 0.457 e. The first-order valence-corrected chi connectivity index (χ1v) is 4.80. The van der Waals surface area contributed by atoms with Crippen LogP contribution in [0.1, 0.15) is 17.3 Å². The first-order valence-electron chi connectivity index (χ1n) is 4.80. The summed E-state index contributed by atoms with van der Waals surface area (Å²) in [5, 5.41) is 0. The fourth-order valence-electron chi connectivity index (χ4n) is 1.19. The molecular formula is C11H11F3O3. The fourth-order valence-corrected chi connectivity index (χ4v) is 1.19. The highest BCUT2D eigenvalue weighted by Crippen LogP contribution is 2.14. The number of halogens is 3. The zero-order chi connectivity index (χ0) is 13.0. The third-order valence-electron chi connectivity index (χ3n) is 1.93. The highest BCUT2D eigenvalue weighted by Gasteiger charge is 2.17. The van der Waals surface area contributed by atoms with Crippen LogP contribution >= 0.6 is 0 Å². The molecule has 0 N–H and O–H groups in total. The number of carbonyl (C=O) groups is 1. The number of ether oxygens (including phenoxy) is 2. The van der Waals surface area contributed by atoms with Gasteiger partial charge in [0.05, 0.1) is 12.2 Å². The smallest absolute Gasteiger partial charge is 0.338 e. The molecule has 1 rings (SSSR count). The second-order valence-corrected chi connectivity index (χ2v) is 3.43. The summed E-state index contributed by atoms with van der Waals surface area (Å²) in [7, 11) is 1.42. The topological polar surface area (TPSA) is 35.5 Å². The van der Waals surface area contributed by atoms with E-state index in [9.17, 15) is 18.0 Å². The highest BCUT2D eigenvalue weighted by molar-refractivity contribution is 5.89. The number of hydrogen-bond donors (Lipinski definition) is 0. The van der Waals surface area contributed by atoms with Gasteiger partial charge in [-0.2, -0.15) is 0 Å². The third kappa shape index (κ3) is 3.45. The number of benzene rings is 1. The van der Waals surface area contributed by atoms with E-state index < -0.39 is 29.5 Å². The van der Waals surface area contributed by atoms with Gasteiger partial charge < -0.3 is 9.47 Å². The van der Waals surface area contributed by atoms with Crippen molar-refractivity contribution in [2.45, 2.75) is 13.0 Å². The van der Waals surface area contributed by atoms with E-state index in [4.69, 9.17) is 9.47 Å². The van der Waals surface area contributed by atoms with Gasteiger partial charge >= 0.3 is 5.97 Å². The minimum Gasteiger partial charge on any atom is -0.457 e. The Labute approximate surface area is 96.1 Å². The molecule has 0 spiro atoms. The van der Waals surface area contributed by atoms with E-state index in [0.29, 0.717) is 12.1 Å². The standard InChI is InChI=1S/C11H11F3O3/c1-6(5-16-2)17-11(15)7-3-8(12)10(14)9(13)4-7/h3-4,6H,5H2,1-2H3. The van der Waals surface area contributed by atoms with Crippen LogP contribution < -0.4 is 0 Å². The van der Waals surface area contributed by atoms with Gasteiger partial charge in [-0.15, -0.1) is 0 Å². The van der Waals surface area contributed by atoms with Crippen LogP contribution in [0.15, 0.2) is 12.1 Å². The Balaban J connectivity index is 2.83. The van der Waals surface area contributed by atoms with Crippen molar-refractivity contribution >= 4 is 5.97 Å². The first kappa shape index (κ1) is 13.5. The van der Waals surface area contributed by atoms with E-state index in [1.807, 2.05) is 0 Å². The van der Waals surface area contributed by atoms with Crippen molar-refractivity contribution < 1.29 is 27.4 Å². The maximum absolute atomic E-state index is 12.8. The van der Waals surface area contributed by atoms with Gasteiger partial charge in [-0.05, 0) is 19.1 Å². The number of methoxy groups -OCH3 is 1. The summed E-state index contributed by atoms with van der Waals surface area (Å²) in [6.45, 7) is 1.70. The maximum Gasteiger partial charge on any atom is 0.338 e. The minimum atomic E-state index is -1.62. The summed E-state index contributed by atoms with van der Waals surface area (Å²) < 4.78 is 47.8. The molecule has 6 heteroatoms. The third-order valence-corrected chi connectivity index (χ3v) is 1.93. The van der Waals surface area contributed by atoms with Crippen molar-refractivity contribution in [2.24, 2.45) is 0 Å². The highest BCUT2D eigenvalue weighted by atomic mass is 19.2. The number of hydrogen-bond acceptors (Lipinski definition) is 3. The van der Waals surface area contributed by atoms with Gasteiger partial charge in [0.15, 0.2) is 17.5 Å². The molecule has 0 saturated carbocycles. The molecule has 0 fully saturated rings. The molecule has 0 heterocycles. The van der Waals surface area contributed by atoms with E-state index in [0.717, 1.165) is 0 Å². The Morgan fingerprint density at radius 2 is 1.82 bits per heavy atom. The van der Waals surface area contributed by atoms with Crippen molar-refractivity contribution in [1.29, 1.82) is 0 Å². The Bertz CT molecular complexity index is 397. The number of carbonyl (C=O) groups excluding carboxylic acids is 1. The van der Waals surface area contributed by atoms with E-state index in [-0.39, 0.29) is 12.2 Å². The molecule has 0 aromatic heterocycles. The predicted octanol–water partition coefficient (Wildman–Crippen LogP) is 2.30. The molecule has 0 saturated heterocycles. The minimum absolute atomic E-state index is 0.151. The molecule has 0 radical (unpaired) electrons. The number of esters is 1. The summed E-state index contributed by atoms with van der Waals surface area (Å²) in [6.07, 6.45) is -0.566. The molecular weight excluding hydrogens is 237 g/mol. The van der Waals surface area contributed by atoms with E-state index >= 15 is 0 Å². The predicted molar refractivity (Wildman–Crippen MR) is 53.1 cm³/mol. The van der Waals surface area contributed by atoms with Gasteiger partial charge in [-0.1, -0.05) is 0 Å². The lowest BCUT2D eigenvalue weighted by Gasteiger charge is -2.12.